The summed E-state index contributed by atoms with van der Waals surface area (Å²) in [5.74, 6) is -0.486. The topological polar surface area (TPSA) is 60.7 Å². The zero-order valence-electron chi connectivity index (χ0n) is 19.2. The summed E-state index contributed by atoms with van der Waals surface area (Å²) in [6.07, 6.45) is 1.50. The molecule has 0 amide bonds. The molecule has 0 bridgehead atoms. The van der Waals surface area contributed by atoms with Crippen LogP contribution in [0, 0.1) is 0 Å². The number of aromatic nitrogens is 2. The second-order valence-corrected chi connectivity index (χ2v) is 14.4. The monoisotopic (exact) mass is 522 g/mol. The molecule has 8 heteroatoms. The molecular weight excluding hydrogens is 499 g/mol. The molecule has 0 fully saturated rings. The van der Waals surface area contributed by atoms with Gasteiger partial charge in [-0.3, -0.25) is 0 Å². The number of hydrogen-bond acceptors (Lipinski definition) is 5. The van der Waals surface area contributed by atoms with Gasteiger partial charge in [0.15, 0.2) is 0 Å². The van der Waals surface area contributed by atoms with Crippen molar-refractivity contribution in [3.8, 4) is 0 Å². The van der Waals surface area contributed by atoms with Gasteiger partial charge in [0.05, 0.1) is 0 Å². The van der Waals surface area contributed by atoms with Crippen LogP contribution in [0.2, 0.25) is 0 Å². The third-order valence-corrected chi connectivity index (χ3v) is 13.6. The molecule has 5 aromatic rings. The maximum atomic E-state index is 13.4. The van der Waals surface area contributed by atoms with E-state index in [0.29, 0.717) is 15.3 Å². The minimum Gasteiger partial charge on any atom is -0.147 e. The number of halogens is 1. The number of methoxy groups -OCH3 is 1. The van der Waals surface area contributed by atoms with Crippen molar-refractivity contribution in [3.05, 3.63) is 118 Å². The molecule has 178 valence electrons. The number of rotatable bonds is 5. The van der Waals surface area contributed by atoms with Crippen LogP contribution in [0.3, 0.4) is 0 Å². The first-order chi connectivity index (χ1) is 16.5. The van der Waals surface area contributed by atoms with Gasteiger partial charge in [0.25, 0.3) is 0 Å². The standard InChI is InChI=1S/C27H23N2O3PS.ClH/c1-32-26(31)23-19-29-25(30)18-24(28-27(29)34-23)33(2,20-12-6-3-7-13-20,21-14-8-4-9-15-21)22-16-10-5-11-17-22;/h3-19H,1-2H3;1H. The molecule has 0 radical (unpaired) electrons. The normalized spacial score (nSPS) is 12.3. The number of fused-ring (bicyclic) bond motifs is 1. The van der Waals surface area contributed by atoms with Crippen LogP contribution in [-0.2, 0) is 4.74 Å². The van der Waals surface area contributed by atoms with Crippen molar-refractivity contribution >= 4 is 62.6 Å². The Morgan fingerprint density at radius 2 is 1.31 bits per heavy atom. The fourth-order valence-electron chi connectivity index (χ4n) is 4.62. The van der Waals surface area contributed by atoms with Gasteiger partial charge in [-0.2, -0.15) is 0 Å². The van der Waals surface area contributed by atoms with Crippen molar-refractivity contribution in [2.45, 2.75) is 0 Å². The fourth-order valence-corrected chi connectivity index (χ4v) is 10.8. The number of ether oxygens (including phenoxy) is 1. The second kappa shape index (κ2) is 9.38. The molecule has 0 N–H and O–H groups in total. The maximum absolute atomic E-state index is 13.4. The number of esters is 1. The van der Waals surface area contributed by atoms with Gasteiger partial charge in [0.1, 0.15) is 0 Å². The van der Waals surface area contributed by atoms with Crippen molar-refractivity contribution in [1.82, 2.24) is 9.38 Å². The van der Waals surface area contributed by atoms with Crippen LogP contribution in [0.4, 0.5) is 0 Å². The Balaban J connectivity index is 0.00000289. The maximum Gasteiger partial charge on any atom is -0.147 e. The number of carbonyl (C=O) groups excluding carboxylic acids is 1. The summed E-state index contributed by atoms with van der Waals surface area (Å²) in [5, 5.41) is 3.31. The third-order valence-electron chi connectivity index (χ3n) is 6.52. The summed E-state index contributed by atoms with van der Waals surface area (Å²) >= 11 is 1.16. The van der Waals surface area contributed by atoms with Gasteiger partial charge in [-0.25, -0.2) is 0 Å². The fraction of sp³-hybridized carbons (Fsp3) is 0.0741. The van der Waals surface area contributed by atoms with Gasteiger partial charge in [0, 0.05) is 0 Å². The van der Waals surface area contributed by atoms with Crippen LogP contribution < -0.4 is 26.9 Å². The zero-order valence-corrected chi connectivity index (χ0v) is 21.7. The van der Waals surface area contributed by atoms with Gasteiger partial charge < -0.3 is 0 Å². The Hall–Kier alpha value is -3.31. The summed E-state index contributed by atoms with van der Waals surface area (Å²) < 4.78 is 6.29. The van der Waals surface area contributed by atoms with E-state index in [1.165, 1.54) is 17.7 Å². The molecule has 0 aliphatic carbocycles. The Bertz CT molecular complexity index is 1450. The van der Waals surface area contributed by atoms with E-state index in [1.54, 1.807) is 6.07 Å². The zero-order chi connectivity index (χ0) is 23.8. The van der Waals surface area contributed by atoms with Crippen molar-refractivity contribution in [2.75, 3.05) is 13.8 Å². The van der Waals surface area contributed by atoms with E-state index in [4.69, 9.17) is 9.72 Å². The molecule has 5 nitrogen and oxygen atoms in total. The van der Waals surface area contributed by atoms with Crippen molar-refractivity contribution in [3.63, 3.8) is 0 Å². The molecule has 0 aliphatic heterocycles. The third kappa shape index (κ3) is 3.69. The molecule has 0 unspecified atom stereocenters. The molecule has 0 saturated heterocycles. The van der Waals surface area contributed by atoms with E-state index in [0.717, 1.165) is 27.3 Å². The summed E-state index contributed by atoms with van der Waals surface area (Å²) in [4.78, 5) is 31.4. The van der Waals surface area contributed by atoms with Crippen molar-refractivity contribution < 1.29 is 9.53 Å². The van der Waals surface area contributed by atoms with Crippen LogP contribution in [0.15, 0.2) is 108 Å². The van der Waals surface area contributed by atoms with E-state index in [2.05, 4.69) is 43.1 Å². The first-order valence-corrected chi connectivity index (χ1v) is 14.3. The van der Waals surface area contributed by atoms with Crippen LogP contribution in [-0.4, -0.2) is 29.1 Å². The molecule has 35 heavy (non-hydrogen) atoms. The summed E-state index contributed by atoms with van der Waals surface area (Å²) in [5.41, 5.74) is 0.475. The number of benzene rings is 3. The summed E-state index contributed by atoms with van der Waals surface area (Å²) in [7, 11) is 1.33. The second-order valence-electron chi connectivity index (χ2n) is 8.26. The predicted molar refractivity (Wildman–Crippen MR) is 149 cm³/mol. The summed E-state index contributed by atoms with van der Waals surface area (Å²) in [6.45, 7) is -1.19. The average Bonchev–Trinajstić information content (AvgIpc) is 3.34. The van der Waals surface area contributed by atoms with Gasteiger partial charge >= 0.3 is 201 Å². The van der Waals surface area contributed by atoms with Crippen LogP contribution in [0.1, 0.15) is 9.67 Å². The van der Waals surface area contributed by atoms with Crippen LogP contribution in [0.25, 0.3) is 4.96 Å². The van der Waals surface area contributed by atoms with Gasteiger partial charge in [-0.1, -0.05) is 0 Å². The molecule has 0 aliphatic rings. The summed E-state index contributed by atoms with van der Waals surface area (Å²) in [6, 6.07) is 32.5. The molecule has 0 spiro atoms. The number of thiazole rings is 1. The molecule has 0 saturated carbocycles. The quantitative estimate of drug-likeness (QED) is 0.260. The molecule has 3 aromatic carbocycles. The van der Waals surface area contributed by atoms with E-state index in [-0.39, 0.29) is 18.0 Å². The van der Waals surface area contributed by atoms with Crippen LogP contribution >= 0.6 is 30.3 Å². The minimum atomic E-state index is -3.44. The number of carbonyl (C=O) groups is 1. The van der Waals surface area contributed by atoms with E-state index >= 15 is 0 Å². The smallest absolute Gasteiger partial charge is 0.147 e. The Morgan fingerprint density at radius 3 is 1.74 bits per heavy atom. The largest absolute Gasteiger partial charge is 0.147 e. The van der Waals surface area contributed by atoms with E-state index in [9.17, 15) is 9.59 Å². The Kier molecular flexibility index (Phi) is 6.65. The Morgan fingerprint density at radius 1 is 0.857 bits per heavy atom. The Labute approximate surface area is 213 Å². The first-order valence-electron chi connectivity index (χ1n) is 10.8. The average molecular weight is 523 g/mol. The minimum absolute atomic E-state index is 0. The van der Waals surface area contributed by atoms with Gasteiger partial charge in [-0.15, -0.1) is 12.4 Å². The molecule has 5 rings (SSSR count). The van der Waals surface area contributed by atoms with E-state index < -0.39 is 12.6 Å². The molecule has 2 aromatic heterocycles. The molecule has 0 atom stereocenters. The van der Waals surface area contributed by atoms with E-state index in [1.807, 2.05) is 54.6 Å². The van der Waals surface area contributed by atoms with Crippen LogP contribution in [0.5, 0.6) is 0 Å². The number of hydrogen-bond donors (Lipinski definition) is 0. The predicted octanol–water partition coefficient (Wildman–Crippen LogP) is 3.75. The molecule has 2 heterocycles. The van der Waals surface area contributed by atoms with Crippen molar-refractivity contribution in [2.24, 2.45) is 0 Å². The van der Waals surface area contributed by atoms with Crippen molar-refractivity contribution in [1.29, 1.82) is 0 Å². The SMILES string of the molecule is COC(=O)c1cn2c(=O)cc(P(C)(c3ccccc3)(c3ccccc3)c3ccccc3)nc2s1.Cl. The molecular formula is C27H24ClN2O3PS. The first kappa shape index (κ1) is 24.8. The number of nitrogens with zero attached hydrogens (tertiary/aromatic N) is 2. The van der Waals surface area contributed by atoms with Gasteiger partial charge in [-0.05, 0) is 0 Å². The van der Waals surface area contributed by atoms with Gasteiger partial charge in [0.2, 0.25) is 0 Å².